The number of benzene rings is 2. The number of fused-ring (bicyclic) bond motifs is 2. The van der Waals surface area contributed by atoms with E-state index >= 15 is 0 Å². The quantitative estimate of drug-likeness (QED) is 0.813. The van der Waals surface area contributed by atoms with Crippen molar-refractivity contribution in [1.82, 2.24) is 0 Å². The van der Waals surface area contributed by atoms with Crippen molar-refractivity contribution in [3.05, 3.63) is 53.6 Å². The molecule has 2 aromatic rings. The van der Waals surface area contributed by atoms with E-state index in [1.165, 1.54) is 11.3 Å². The summed E-state index contributed by atoms with van der Waals surface area (Å²) in [7, 11) is 0. The maximum absolute atomic E-state index is 11.3. The fourth-order valence-corrected chi connectivity index (χ4v) is 3.49. The molecule has 0 spiro atoms. The summed E-state index contributed by atoms with van der Waals surface area (Å²) in [5.74, 6) is 1.56. The molecule has 0 saturated carbocycles. The molecule has 23 heavy (non-hydrogen) atoms. The minimum Gasteiger partial charge on any atom is -0.486 e. The minimum absolute atomic E-state index is 0.0342. The lowest BCUT2D eigenvalue weighted by Crippen LogP contribution is -2.27. The summed E-state index contributed by atoms with van der Waals surface area (Å²) >= 11 is 0. The van der Waals surface area contributed by atoms with Crippen LogP contribution in [0.2, 0.25) is 0 Å². The molecule has 0 fully saturated rings. The van der Waals surface area contributed by atoms with Gasteiger partial charge in [-0.15, -0.1) is 0 Å². The van der Waals surface area contributed by atoms with Gasteiger partial charge in [0, 0.05) is 18.7 Å². The monoisotopic (exact) mass is 309 g/mol. The van der Waals surface area contributed by atoms with E-state index in [0.717, 1.165) is 36.3 Å². The highest BCUT2D eigenvalue weighted by Crippen LogP contribution is 2.39. The second-order valence-corrected chi connectivity index (χ2v) is 5.89. The molecular formula is C19H19NO3. The van der Waals surface area contributed by atoms with Gasteiger partial charge in [0.15, 0.2) is 11.5 Å². The van der Waals surface area contributed by atoms with Crippen LogP contribution in [0.4, 0.5) is 5.69 Å². The number of carbonyl (C=O) groups is 1. The second-order valence-electron chi connectivity index (χ2n) is 5.89. The van der Waals surface area contributed by atoms with Crippen LogP contribution in [0.1, 0.15) is 23.6 Å². The molecule has 2 aliphatic heterocycles. The molecule has 4 heteroatoms. The van der Waals surface area contributed by atoms with Gasteiger partial charge in [-0.3, -0.25) is 0 Å². The molecule has 4 rings (SSSR count). The summed E-state index contributed by atoms with van der Waals surface area (Å²) in [5, 5.41) is 0. The number of anilines is 1. The van der Waals surface area contributed by atoms with E-state index in [1.54, 1.807) is 0 Å². The summed E-state index contributed by atoms with van der Waals surface area (Å²) in [6.45, 7) is 2.09. The van der Waals surface area contributed by atoms with Gasteiger partial charge < -0.3 is 19.2 Å². The van der Waals surface area contributed by atoms with E-state index in [1.807, 2.05) is 18.2 Å². The highest BCUT2D eigenvalue weighted by atomic mass is 16.6. The fourth-order valence-electron chi connectivity index (χ4n) is 3.49. The normalized spacial score (nSPS) is 16.8. The van der Waals surface area contributed by atoms with Crippen LogP contribution >= 0.6 is 0 Å². The topological polar surface area (TPSA) is 38.8 Å². The first-order valence-corrected chi connectivity index (χ1v) is 8.04. The Hall–Kier alpha value is -2.49. The van der Waals surface area contributed by atoms with Crippen LogP contribution in [0.15, 0.2) is 42.5 Å². The van der Waals surface area contributed by atoms with Crippen molar-refractivity contribution in [2.24, 2.45) is 0 Å². The summed E-state index contributed by atoms with van der Waals surface area (Å²) in [4.78, 5) is 13.6. The molecule has 2 heterocycles. The Labute approximate surface area is 135 Å². The molecule has 0 amide bonds. The number of hydrogen-bond acceptors (Lipinski definition) is 4. The highest BCUT2D eigenvalue weighted by Gasteiger charge is 2.27. The number of ether oxygens (including phenoxy) is 2. The Bertz CT molecular complexity index is 728. The van der Waals surface area contributed by atoms with E-state index in [2.05, 4.69) is 29.2 Å². The first-order chi connectivity index (χ1) is 11.4. The molecule has 0 aliphatic carbocycles. The zero-order valence-corrected chi connectivity index (χ0v) is 12.9. The maximum Gasteiger partial charge on any atom is 0.161 e. The molecule has 0 N–H and O–H groups in total. The maximum atomic E-state index is 11.3. The third-order valence-corrected chi connectivity index (χ3v) is 4.57. The number of carbonyl (C=O) groups excluding carboxylic acids is 1. The van der Waals surface area contributed by atoms with Gasteiger partial charge in [0.25, 0.3) is 0 Å². The average molecular weight is 309 g/mol. The van der Waals surface area contributed by atoms with E-state index in [-0.39, 0.29) is 6.04 Å². The predicted molar refractivity (Wildman–Crippen MR) is 88.3 cm³/mol. The molecule has 1 atom stereocenters. The second kappa shape index (κ2) is 5.95. The highest BCUT2D eigenvalue weighted by molar-refractivity contribution is 5.63. The molecule has 118 valence electrons. The van der Waals surface area contributed by atoms with E-state index in [4.69, 9.17) is 9.47 Å². The van der Waals surface area contributed by atoms with E-state index in [0.29, 0.717) is 19.6 Å². The van der Waals surface area contributed by atoms with Crippen molar-refractivity contribution in [2.45, 2.75) is 18.9 Å². The third-order valence-electron chi connectivity index (χ3n) is 4.57. The standard InChI is InChI=1S/C19H19NO3/c21-10-8-17(20-9-7-14-3-1-2-4-16(14)20)15-5-6-18-19(13-15)23-12-11-22-18/h1-6,10,13,17H,7-9,11-12H2. The molecule has 4 nitrogen and oxygen atoms in total. The number of nitrogens with zero attached hydrogens (tertiary/aromatic N) is 1. The van der Waals surface area contributed by atoms with E-state index < -0.39 is 0 Å². The number of aldehydes is 1. The number of rotatable bonds is 4. The number of para-hydroxylation sites is 1. The van der Waals surface area contributed by atoms with Crippen molar-refractivity contribution < 1.29 is 14.3 Å². The molecule has 0 radical (unpaired) electrons. The van der Waals surface area contributed by atoms with Crippen molar-refractivity contribution in [1.29, 1.82) is 0 Å². The minimum atomic E-state index is 0.0342. The van der Waals surface area contributed by atoms with Crippen LogP contribution in [-0.4, -0.2) is 26.0 Å². The van der Waals surface area contributed by atoms with Gasteiger partial charge in [0.1, 0.15) is 19.5 Å². The SMILES string of the molecule is O=CCC(c1ccc2c(c1)OCCO2)N1CCc2ccccc21. The summed E-state index contributed by atoms with van der Waals surface area (Å²) in [6, 6.07) is 14.5. The van der Waals surface area contributed by atoms with Gasteiger partial charge in [-0.25, -0.2) is 0 Å². The Balaban J connectivity index is 1.70. The van der Waals surface area contributed by atoms with Gasteiger partial charge in [0.05, 0.1) is 6.04 Å². The Morgan fingerprint density at radius 3 is 2.78 bits per heavy atom. The Morgan fingerprint density at radius 2 is 1.91 bits per heavy atom. The van der Waals surface area contributed by atoms with Gasteiger partial charge in [0.2, 0.25) is 0 Å². The van der Waals surface area contributed by atoms with Crippen molar-refractivity contribution in [2.75, 3.05) is 24.7 Å². The van der Waals surface area contributed by atoms with Crippen LogP contribution < -0.4 is 14.4 Å². The fraction of sp³-hybridized carbons (Fsp3) is 0.316. The van der Waals surface area contributed by atoms with Crippen LogP contribution in [0.25, 0.3) is 0 Å². The molecule has 0 saturated heterocycles. The third kappa shape index (κ3) is 2.54. The molecule has 0 bridgehead atoms. The Morgan fingerprint density at radius 1 is 1.09 bits per heavy atom. The Kier molecular flexibility index (Phi) is 3.66. The van der Waals surface area contributed by atoms with Crippen molar-refractivity contribution in [3.63, 3.8) is 0 Å². The van der Waals surface area contributed by atoms with Gasteiger partial charge in [-0.1, -0.05) is 24.3 Å². The lowest BCUT2D eigenvalue weighted by molar-refractivity contribution is -0.108. The van der Waals surface area contributed by atoms with Gasteiger partial charge >= 0.3 is 0 Å². The van der Waals surface area contributed by atoms with Gasteiger partial charge in [-0.2, -0.15) is 0 Å². The molecule has 1 unspecified atom stereocenters. The van der Waals surface area contributed by atoms with Crippen molar-refractivity contribution in [3.8, 4) is 11.5 Å². The van der Waals surface area contributed by atoms with Gasteiger partial charge in [-0.05, 0) is 35.7 Å². The number of hydrogen-bond donors (Lipinski definition) is 0. The van der Waals surface area contributed by atoms with Crippen LogP contribution in [0, 0.1) is 0 Å². The summed E-state index contributed by atoms with van der Waals surface area (Å²) in [6.07, 6.45) is 2.49. The van der Waals surface area contributed by atoms with Crippen LogP contribution in [0.5, 0.6) is 11.5 Å². The smallest absolute Gasteiger partial charge is 0.161 e. The lowest BCUT2D eigenvalue weighted by Gasteiger charge is -2.30. The first-order valence-electron chi connectivity index (χ1n) is 8.04. The van der Waals surface area contributed by atoms with Crippen molar-refractivity contribution >= 4 is 12.0 Å². The molecular weight excluding hydrogens is 290 g/mol. The molecule has 2 aromatic carbocycles. The largest absolute Gasteiger partial charge is 0.486 e. The van der Waals surface area contributed by atoms with E-state index in [9.17, 15) is 4.79 Å². The predicted octanol–water partition coefficient (Wildman–Crippen LogP) is 3.15. The van der Waals surface area contributed by atoms with Crippen LogP contribution in [-0.2, 0) is 11.2 Å². The summed E-state index contributed by atoms with van der Waals surface area (Å²) < 4.78 is 11.3. The summed E-state index contributed by atoms with van der Waals surface area (Å²) in [5.41, 5.74) is 3.67. The molecule has 0 aromatic heterocycles. The zero-order valence-electron chi connectivity index (χ0n) is 12.9. The average Bonchev–Trinajstić information content (AvgIpc) is 3.03. The lowest BCUT2D eigenvalue weighted by atomic mass is 10.0. The zero-order chi connectivity index (χ0) is 15.6. The van der Waals surface area contributed by atoms with Crippen LogP contribution in [0.3, 0.4) is 0 Å². The first kappa shape index (κ1) is 14.1. The molecule has 2 aliphatic rings.